The molecule has 3 unspecified atom stereocenters. The molecule has 2 fully saturated rings. The highest BCUT2D eigenvalue weighted by molar-refractivity contribution is 5.82. The van der Waals surface area contributed by atoms with Crippen LogP contribution in [0.3, 0.4) is 0 Å². The molecule has 1 aliphatic heterocycles. The normalized spacial score (nSPS) is 33.6. The van der Waals surface area contributed by atoms with Crippen LogP contribution >= 0.6 is 0 Å². The van der Waals surface area contributed by atoms with Crippen LogP contribution < -0.4 is 0 Å². The summed E-state index contributed by atoms with van der Waals surface area (Å²) in [6.07, 6.45) is 7.20. The van der Waals surface area contributed by atoms with Gasteiger partial charge in [-0.15, -0.1) is 0 Å². The van der Waals surface area contributed by atoms with E-state index in [1.807, 2.05) is 13.8 Å². The van der Waals surface area contributed by atoms with Crippen LogP contribution in [0.15, 0.2) is 0 Å². The summed E-state index contributed by atoms with van der Waals surface area (Å²) in [5.41, 5.74) is -0.611. The number of nitrogens with zero attached hydrogens (tertiary/aromatic N) is 1. The minimum Gasteiger partial charge on any atom is -0.389 e. The number of carbonyl (C=O) groups is 1. The van der Waals surface area contributed by atoms with Gasteiger partial charge >= 0.3 is 0 Å². The van der Waals surface area contributed by atoms with Crippen molar-refractivity contribution in [1.82, 2.24) is 4.90 Å². The molecule has 1 heterocycles. The fraction of sp³-hybridized carbons (Fsp3) is 0.933. The minimum atomic E-state index is -0.611. The van der Waals surface area contributed by atoms with Gasteiger partial charge in [0.05, 0.1) is 5.60 Å². The van der Waals surface area contributed by atoms with Crippen LogP contribution in [0.5, 0.6) is 0 Å². The van der Waals surface area contributed by atoms with Gasteiger partial charge < -0.3 is 5.11 Å². The van der Waals surface area contributed by atoms with Gasteiger partial charge in [0.15, 0.2) is 0 Å². The van der Waals surface area contributed by atoms with Crippen LogP contribution in [0.2, 0.25) is 0 Å². The molecule has 0 aromatic carbocycles. The average molecular weight is 253 g/mol. The number of hydrogen-bond acceptors (Lipinski definition) is 3. The summed E-state index contributed by atoms with van der Waals surface area (Å²) in [6, 6.07) is 0.399. The highest BCUT2D eigenvalue weighted by Crippen LogP contribution is 2.33. The quantitative estimate of drug-likeness (QED) is 0.836. The van der Waals surface area contributed by atoms with Gasteiger partial charge in [0.2, 0.25) is 0 Å². The lowest BCUT2D eigenvalue weighted by Crippen LogP contribution is -2.47. The second-order valence-corrected chi connectivity index (χ2v) is 6.35. The number of hydrogen-bond donors (Lipinski definition) is 1. The van der Waals surface area contributed by atoms with E-state index in [-0.39, 0.29) is 5.92 Å². The molecule has 3 heteroatoms. The molecule has 0 aromatic rings. The zero-order valence-electron chi connectivity index (χ0n) is 11.8. The number of ketones is 1. The van der Waals surface area contributed by atoms with Crippen LogP contribution in [0.25, 0.3) is 0 Å². The highest BCUT2D eigenvalue weighted by atomic mass is 16.3. The minimum absolute atomic E-state index is 0.244. The summed E-state index contributed by atoms with van der Waals surface area (Å²) in [7, 11) is 0. The van der Waals surface area contributed by atoms with Crippen molar-refractivity contribution in [3.8, 4) is 0 Å². The third-order valence-electron chi connectivity index (χ3n) is 4.79. The molecule has 2 aliphatic rings. The van der Waals surface area contributed by atoms with Crippen molar-refractivity contribution < 1.29 is 9.90 Å². The first kappa shape index (κ1) is 14.0. The molecule has 3 atom stereocenters. The lowest BCUT2D eigenvalue weighted by atomic mass is 9.81. The average Bonchev–Trinajstić information content (AvgIpc) is 2.77. The zero-order valence-corrected chi connectivity index (χ0v) is 11.8. The van der Waals surface area contributed by atoms with Gasteiger partial charge in [-0.25, -0.2) is 0 Å². The van der Waals surface area contributed by atoms with E-state index in [4.69, 9.17) is 0 Å². The van der Waals surface area contributed by atoms with Gasteiger partial charge in [-0.3, -0.25) is 9.69 Å². The Hall–Kier alpha value is -0.410. The molecule has 0 bridgehead atoms. The van der Waals surface area contributed by atoms with Crippen molar-refractivity contribution in [3.63, 3.8) is 0 Å². The molecule has 1 saturated heterocycles. The molecule has 1 aliphatic carbocycles. The monoisotopic (exact) mass is 253 g/mol. The fourth-order valence-electron chi connectivity index (χ4n) is 3.47. The maximum Gasteiger partial charge on any atom is 0.137 e. The summed E-state index contributed by atoms with van der Waals surface area (Å²) in [5.74, 6) is 0.711. The molecular formula is C15H27NO2. The van der Waals surface area contributed by atoms with Crippen molar-refractivity contribution in [2.75, 3.05) is 13.1 Å². The lowest BCUT2D eigenvalue weighted by molar-refractivity contribution is -0.127. The van der Waals surface area contributed by atoms with Crippen molar-refractivity contribution in [2.45, 2.75) is 70.4 Å². The Morgan fingerprint density at radius 1 is 1.33 bits per heavy atom. The summed E-state index contributed by atoms with van der Waals surface area (Å²) >= 11 is 0. The number of aliphatic hydroxyl groups is 1. The molecule has 1 N–H and O–H groups in total. The maximum absolute atomic E-state index is 12.1. The summed E-state index contributed by atoms with van der Waals surface area (Å²) in [5, 5.41) is 10.2. The highest BCUT2D eigenvalue weighted by Gasteiger charge is 2.38. The number of carbonyl (C=O) groups excluding carboxylic acids is 1. The number of rotatable bonds is 4. The maximum atomic E-state index is 12.1. The lowest BCUT2D eigenvalue weighted by Gasteiger charge is -2.36. The molecule has 0 aromatic heterocycles. The van der Waals surface area contributed by atoms with Crippen LogP contribution in [0.4, 0.5) is 0 Å². The Balaban J connectivity index is 2.00. The molecule has 0 amide bonds. The Morgan fingerprint density at radius 3 is 2.78 bits per heavy atom. The molecular weight excluding hydrogens is 226 g/mol. The van der Waals surface area contributed by atoms with Gasteiger partial charge in [0.25, 0.3) is 0 Å². The number of Topliss-reactive ketones (excluding diaryl/α,β-unsaturated/α-hetero) is 1. The Labute approximate surface area is 111 Å². The first-order chi connectivity index (χ1) is 8.53. The van der Waals surface area contributed by atoms with Gasteiger partial charge in [-0.2, -0.15) is 0 Å². The van der Waals surface area contributed by atoms with Crippen molar-refractivity contribution in [2.24, 2.45) is 5.92 Å². The molecule has 18 heavy (non-hydrogen) atoms. The van der Waals surface area contributed by atoms with Crippen LogP contribution in [-0.2, 0) is 4.79 Å². The second kappa shape index (κ2) is 5.70. The topological polar surface area (TPSA) is 40.5 Å². The molecule has 1 saturated carbocycles. The third-order valence-corrected chi connectivity index (χ3v) is 4.79. The van der Waals surface area contributed by atoms with Crippen LogP contribution in [-0.4, -0.2) is 40.5 Å². The van der Waals surface area contributed by atoms with Crippen LogP contribution in [0, 0.1) is 5.92 Å². The molecule has 104 valence electrons. The summed E-state index contributed by atoms with van der Waals surface area (Å²) < 4.78 is 0. The van der Waals surface area contributed by atoms with Gasteiger partial charge in [0, 0.05) is 24.9 Å². The van der Waals surface area contributed by atoms with Crippen molar-refractivity contribution in [1.29, 1.82) is 0 Å². The standard InChI is InChI=1S/C15H27NO2/c1-3-15(2,18)11-16-10-6-8-13(16)12-7-4-5-9-14(12)17/h12-13,18H,3-11H2,1-2H3. The van der Waals surface area contributed by atoms with Gasteiger partial charge in [0.1, 0.15) is 5.78 Å². The van der Waals surface area contributed by atoms with E-state index in [2.05, 4.69) is 4.90 Å². The Kier molecular flexibility index (Phi) is 4.44. The molecule has 0 radical (unpaired) electrons. The molecule has 3 nitrogen and oxygen atoms in total. The van der Waals surface area contributed by atoms with Crippen LogP contribution in [0.1, 0.15) is 58.8 Å². The number of β-amino-alcohol motifs (C(OH)–C–C–N with tert-alkyl or cyclic N) is 1. The fourth-order valence-corrected chi connectivity index (χ4v) is 3.47. The van der Waals surface area contributed by atoms with E-state index in [9.17, 15) is 9.90 Å². The second-order valence-electron chi connectivity index (χ2n) is 6.35. The first-order valence-corrected chi connectivity index (χ1v) is 7.52. The Bertz CT molecular complexity index is 301. The first-order valence-electron chi connectivity index (χ1n) is 7.52. The van der Waals surface area contributed by atoms with Gasteiger partial charge in [-0.05, 0) is 45.6 Å². The zero-order chi connectivity index (χ0) is 13.2. The van der Waals surface area contributed by atoms with E-state index in [0.717, 1.165) is 45.2 Å². The smallest absolute Gasteiger partial charge is 0.137 e. The molecule has 2 rings (SSSR count). The predicted molar refractivity (Wildman–Crippen MR) is 72.5 cm³/mol. The van der Waals surface area contributed by atoms with Crippen molar-refractivity contribution in [3.05, 3.63) is 0 Å². The Morgan fingerprint density at radius 2 is 2.11 bits per heavy atom. The van der Waals surface area contributed by atoms with E-state index >= 15 is 0 Å². The van der Waals surface area contributed by atoms with Crippen molar-refractivity contribution >= 4 is 5.78 Å². The molecule has 0 spiro atoms. The van der Waals surface area contributed by atoms with E-state index in [1.54, 1.807) is 0 Å². The van der Waals surface area contributed by atoms with E-state index < -0.39 is 5.60 Å². The summed E-state index contributed by atoms with van der Waals surface area (Å²) in [4.78, 5) is 14.4. The summed E-state index contributed by atoms with van der Waals surface area (Å²) in [6.45, 7) is 5.70. The largest absolute Gasteiger partial charge is 0.389 e. The number of likely N-dealkylation sites (tertiary alicyclic amines) is 1. The predicted octanol–water partition coefficient (Wildman–Crippen LogP) is 2.37. The van der Waals surface area contributed by atoms with E-state index in [0.29, 0.717) is 11.8 Å². The SMILES string of the molecule is CCC(C)(O)CN1CCCC1C1CCCCC1=O. The van der Waals surface area contributed by atoms with E-state index in [1.165, 1.54) is 12.8 Å². The van der Waals surface area contributed by atoms with Gasteiger partial charge in [-0.1, -0.05) is 13.3 Å². The third kappa shape index (κ3) is 3.12.